The van der Waals surface area contributed by atoms with Gasteiger partial charge in [0.1, 0.15) is 5.01 Å². The van der Waals surface area contributed by atoms with Crippen LogP contribution in [0.25, 0.3) is 0 Å². The maximum Gasteiger partial charge on any atom is 0.311 e. The second-order valence-electron chi connectivity index (χ2n) is 3.73. The molecule has 0 N–H and O–H groups in total. The van der Waals surface area contributed by atoms with Gasteiger partial charge >= 0.3 is 5.97 Å². The van der Waals surface area contributed by atoms with Gasteiger partial charge in [-0.1, -0.05) is 22.0 Å². The predicted octanol–water partition coefficient (Wildman–Crippen LogP) is 3.91. The van der Waals surface area contributed by atoms with Crippen LogP contribution >= 0.6 is 39.0 Å². The first-order valence-electron chi connectivity index (χ1n) is 5.56. The summed E-state index contributed by atoms with van der Waals surface area (Å²) in [7, 11) is 1.39. The number of halogens is 1. The molecule has 6 heteroatoms. The molecule has 100 valence electrons. The van der Waals surface area contributed by atoms with Gasteiger partial charge < -0.3 is 4.74 Å². The fraction of sp³-hybridized carbons (Fsp3) is 0.231. The summed E-state index contributed by atoms with van der Waals surface area (Å²) in [4.78, 5) is 16.8. The fourth-order valence-corrected chi connectivity index (χ4v) is 3.74. The molecule has 19 heavy (non-hydrogen) atoms. The normalized spacial score (nSPS) is 10.4. The Balaban J connectivity index is 1.91. The van der Waals surface area contributed by atoms with E-state index in [0.717, 1.165) is 20.9 Å². The summed E-state index contributed by atoms with van der Waals surface area (Å²) >= 11 is 6.75. The van der Waals surface area contributed by atoms with Crippen molar-refractivity contribution in [3.63, 3.8) is 0 Å². The summed E-state index contributed by atoms with van der Waals surface area (Å²) in [5.41, 5.74) is 0.779. The molecular weight excluding hydrogens is 346 g/mol. The third kappa shape index (κ3) is 4.63. The van der Waals surface area contributed by atoms with Gasteiger partial charge in [-0.2, -0.15) is 0 Å². The molecule has 1 heterocycles. The van der Waals surface area contributed by atoms with Gasteiger partial charge in [-0.3, -0.25) is 4.79 Å². The number of thiazole rings is 1. The number of esters is 1. The standard InChI is InChI=1S/C13H12BrNO2S2/c1-17-13(16)6-10-7-19-12(15-10)8-18-11-4-2-3-9(14)5-11/h2-5,7H,6,8H2,1H3. The molecule has 0 saturated carbocycles. The SMILES string of the molecule is COC(=O)Cc1csc(CSc2cccc(Br)c2)n1. The van der Waals surface area contributed by atoms with Crippen molar-refractivity contribution in [2.75, 3.05) is 7.11 Å². The summed E-state index contributed by atoms with van der Waals surface area (Å²) in [6.07, 6.45) is 0.245. The number of thioether (sulfide) groups is 1. The molecule has 2 aromatic rings. The van der Waals surface area contributed by atoms with E-state index in [1.165, 1.54) is 12.0 Å². The highest BCUT2D eigenvalue weighted by Gasteiger charge is 2.08. The Labute approximate surface area is 128 Å². The summed E-state index contributed by atoms with van der Waals surface area (Å²) in [5, 5.41) is 2.93. The van der Waals surface area contributed by atoms with Gasteiger partial charge in [0.2, 0.25) is 0 Å². The molecule has 0 saturated heterocycles. The van der Waals surface area contributed by atoms with Crippen molar-refractivity contribution in [1.82, 2.24) is 4.98 Å². The van der Waals surface area contributed by atoms with Gasteiger partial charge in [0, 0.05) is 14.7 Å². The highest BCUT2D eigenvalue weighted by Crippen LogP contribution is 2.26. The Hall–Kier alpha value is -0.850. The number of nitrogens with zero attached hydrogens (tertiary/aromatic N) is 1. The Kier molecular flexibility index (Phi) is 5.42. The van der Waals surface area contributed by atoms with E-state index >= 15 is 0 Å². The highest BCUT2D eigenvalue weighted by atomic mass is 79.9. The monoisotopic (exact) mass is 357 g/mol. The van der Waals surface area contributed by atoms with Crippen molar-refractivity contribution < 1.29 is 9.53 Å². The van der Waals surface area contributed by atoms with Crippen LogP contribution in [0.4, 0.5) is 0 Å². The number of hydrogen-bond acceptors (Lipinski definition) is 5. The summed E-state index contributed by atoms with van der Waals surface area (Å²) in [6.45, 7) is 0. The van der Waals surface area contributed by atoms with Crippen LogP contribution in [0.3, 0.4) is 0 Å². The molecule has 1 aromatic heterocycles. The van der Waals surface area contributed by atoms with Gasteiger partial charge in [-0.05, 0) is 18.2 Å². The van der Waals surface area contributed by atoms with E-state index in [1.54, 1.807) is 23.1 Å². The number of rotatable bonds is 5. The zero-order valence-electron chi connectivity index (χ0n) is 10.3. The van der Waals surface area contributed by atoms with Crippen molar-refractivity contribution in [1.29, 1.82) is 0 Å². The Morgan fingerprint density at radius 3 is 3.11 bits per heavy atom. The summed E-state index contributed by atoms with van der Waals surface area (Å²) in [6, 6.07) is 8.16. The van der Waals surface area contributed by atoms with E-state index in [2.05, 4.69) is 37.8 Å². The second-order valence-corrected chi connectivity index (χ2v) is 6.64. The summed E-state index contributed by atoms with van der Waals surface area (Å²) < 4.78 is 5.69. The van der Waals surface area contributed by atoms with E-state index in [9.17, 15) is 4.79 Å². The number of methoxy groups -OCH3 is 1. The van der Waals surface area contributed by atoms with E-state index in [1.807, 2.05) is 17.5 Å². The average molecular weight is 358 g/mol. The van der Waals surface area contributed by atoms with Gasteiger partial charge in [-0.15, -0.1) is 23.1 Å². The zero-order valence-corrected chi connectivity index (χ0v) is 13.5. The van der Waals surface area contributed by atoms with Gasteiger partial charge in [-0.25, -0.2) is 4.98 Å². The molecule has 0 spiro atoms. The van der Waals surface area contributed by atoms with Crippen molar-refractivity contribution in [3.8, 4) is 0 Å². The Morgan fingerprint density at radius 2 is 2.37 bits per heavy atom. The second kappa shape index (κ2) is 7.07. The minimum Gasteiger partial charge on any atom is -0.469 e. The summed E-state index contributed by atoms with van der Waals surface area (Å²) in [5.74, 6) is 0.555. The van der Waals surface area contributed by atoms with Crippen molar-refractivity contribution in [2.24, 2.45) is 0 Å². The van der Waals surface area contributed by atoms with Crippen LogP contribution in [0.1, 0.15) is 10.7 Å². The molecule has 1 aromatic carbocycles. The third-order valence-electron chi connectivity index (χ3n) is 2.31. The van der Waals surface area contributed by atoms with Crippen molar-refractivity contribution >= 4 is 45.0 Å². The third-order valence-corrected chi connectivity index (χ3v) is 4.89. The van der Waals surface area contributed by atoms with E-state index in [0.29, 0.717) is 0 Å². The minimum atomic E-state index is -0.253. The molecule has 0 unspecified atom stereocenters. The first-order valence-corrected chi connectivity index (χ1v) is 8.21. The molecule has 0 fully saturated rings. The Bertz CT molecular complexity index is 571. The quantitative estimate of drug-likeness (QED) is 0.600. The lowest BCUT2D eigenvalue weighted by atomic mass is 10.3. The van der Waals surface area contributed by atoms with E-state index < -0.39 is 0 Å². The molecule has 3 nitrogen and oxygen atoms in total. The first kappa shape index (κ1) is 14.6. The van der Waals surface area contributed by atoms with Gasteiger partial charge in [0.15, 0.2) is 0 Å². The fourth-order valence-electron chi connectivity index (χ4n) is 1.42. The highest BCUT2D eigenvalue weighted by molar-refractivity contribution is 9.10. The van der Waals surface area contributed by atoms with Crippen LogP contribution in [0.5, 0.6) is 0 Å². The maximum absolute atomic E-state index is 11.1. The van der Waals surface area contributed by atoms with Crippen LogP contribution in [0, 0.1) is 0 Å². The number of ether oxygens (including phenoxy) is 1. The van der Waals surface area contributed by atoms with E-state index in [-0.39, 0.29) is 12.4 Å². The number of carbonyl (C=O) groups is 1. The minimum absolute atomic E-state index is 0.245. The van der Waals surface area contributed by atoms with Gasteiger partial charge in [0.25, 0.3) is 0 Å². The average Bonchev–Trinajstić information content (AvgIpc) is 2.84. The number of benzene rings is 1. The number of hydrogen-bond donors (Lipinski definition) is 0. The molecule has 0 amide bonds. The van der Waals surface area contributed by atoms with Crippen LogP contribution < -0.4 is 0 Å². The van der Waals surface area contributed by atoms with Crippen molar-refractivity contribution in [3.05, 3.63) is 44.8 Å². The number of aromatic nitrogens is 1. The van der Waals surface area contributed by atoms with Gasteiger partial charge in [0.05, 0.1) is 25.0 Å². The largest absolute Gasteiger partial charge is 0.469 e. The molecule has 0 atom stereocenters. The zero-order chi connectivity index (χ0) is 13.7. The van der Waals surface area contributed by atoms with Crippen LogP contribution in [-0.4, -0.2) is 18.1 Å². The van der Waals surface area contributed by atoms with Crippen molar-refractivity contribution in [2.45, 2.75) is 17.1 Å². The van der Waals surface area contributed by atoms with Crippen LogP contribution in [-0.2, 0) is 21.7 Å². The smallest absolute Gasteiger partial charge is 0.311 e. The van der Waals surface area contributed by atoms with E-state index in [4.69, 9.17) is 0 Å². The predicted molar refractivity (Wildman–Crippen MR) is 81.5 cm³/mol. The molecule has 2 rings (SSSR count). The maximum atomic E-state index is 11.1. The molecule has 0 aliphatic heterocycles. The topological polar surface area (TPSA) is 39.2 Å². The van der Waals surface area contributed by atoms with Crippen LogP contribution in [0.2, 0.25) is 0 Å². The lowest BCUT2D eigenvalue weighted by molar-refractivity contribution is -0.139. The molecule has 0 bridgehead atoms. The Morgan fingerprint density at radius 1 is 1.53 bits per heavy atom. The lowest BCUT2D eigenvalue weighted by Gasteiger charge is -1.99. The number of carbonyl (C=O) groups excluding carboxylic acids is 1. The lowest BCUT2D eigenvalue weighted by Crippen LogP contribution is -2.04. The molecular formula is C13H12BrNO2S2. The van der Waals surface area contributed by atoms with Crippen LogP contribution in [0.15, 0.2) is 39.0 Å². The molecule has 0 aliphatic carbocycles. The first-order chi connectivity index (χ1) is 9.17. The molecule has 0 aliphatic rings. The molecule has 0 radical (unpaired) electrons.